The highest BCUT2D eigenvalue weighted by Crippen LogP contribution is 2.26. The van der Waals surface area contributed by atoms with Crippen LogP contribution in [0.3, 0.4) is 0 Å². The Morgan fingerprint density at radius 1 is 1.28 bits per heavy atom. The van der Waals surface area contributed by atoms with Gasteiger partial charge in [-0.25, -0.2) is 4.39 Å². The first kappa shape index (κ1) is 13.1. The maximum absolute atomic E-state index is 14.0. The average molecular weight is 248 g/mol. The highest BCUT2D eigenvalue weighted by Gasteiger charge is 2.19. The molecule has 0 aromatic rings. The van der Waals surface area contributed by atoms with Crippen LogP contribution in [0.15, 0.2) is 47.5 Å². The molecule has 0 aromatic carbocycles. The second-order valence-electron chi connectivity index (χ2n) is 5.05. The lowest BCUT2D eigenvalue weighted by atomic mass is 10.1. The van der Waals surface area contributed by atoms with Gasteiger partial charge in [-0.05, 0) is 20.0 Å². The number of hydrogen-bond donors (Lipinski definition) is 0. The maximum atomic E-state index is 14.0. The zero-order valence-electron chi connectivity index (χ0n) is 11.2. The Bertz CT molecular complexity index is 424. The number of rotatable bonds is 2. The molecule has 2 rings (SSSR count). The van der Waals surface area contributed by atoms with Gasteiger partial charge in [-0.1, -0.05) is 24.3 Å². The third-order valence-corrected chi connectivity index (χ3v) is 3.54. The van der Waals surface area contributed by atoms with Crippen LogP contribution in [-0.4, -0.2) is 43.0 Å². The van der Waals surface area contributed by atoms with Crippen LogP contribution in [0.1, 0.15) is 13.3 Å². The van der Waals surface area contributed by atoms with Crippen LogP contribution < -0.4 is 0 Å². The van der Waals surface area contributed by atoms with Gasteiger partial charge in [0.15, 0.2) is 0 Å². The molecule has 0 radical (unpaired) electrons. The molecule has 1 aliphatic heterocycles. The molecule has 3 heteroatoms. The number of allylic oxidation sites excluding steroid dienone is 5. The van der Waals surface area contributed by atoms with Crippen LogP contribution in [0.2, 0.25) is 0 Å². The van der Waals surface area contributed by atoms with E-state index in [9.17, 15) is 4.39 Å². The molecular weight excluding hydrogens is 227 g/mol. The van der Waals surface area contributed by atoms with Crippen molar-refractivity contribution in [2.75, 3.05) is 33.2 Å². The van der Waals surface area contributed by atoms with Gasteiger partial charge in [-0.2, -0.15) is 0 Å². The quantitative estimate of drug-likeness (QED) is 0.741. The van der Waals surface area contributed by atoms with E-state index in [2.05, 4.69) is 23.4 Å². The SMILES string of the molecule is C=C(C1=C(F)CC=CC(C)=C1)N1CCN(C)CC1. The zero-order chi connectivity index (χ0) is 13.1. The van der Waals surface area contributed by atoms with Crippen LogP contribution in [0, 0.1) is 0 Å². The Kier molecular flexibility index (Phi) is 4.02. The molecule has 18 heavy (non-hydrogen) atoms. The first-order valence-corrected chi connectivity index (χ1v) is 6.44. The molecule has 0 saturated carbocycles. The van der Waals surface area contributed by atoms with E-state index in [1.54, 1.807) is 0 Å². The molecule has 2 aliphatic rings. The fourth-order valence-electron chi connectivity index (χ4n) is 2.30. The lowest BCUT2D eigenvalue weighted by Crippen LogP contribution is -2.43. The van der Waals surface area contributed by atoms with E-state index >= 15 is 0 Å². The third kappa shape index (κ3) is 2.91. The van der Waals surface area contributed by atoms with E-state index in [1.807, 2.05) is 25.2 Å². The first-order chi connectivity index (χ1) is 8.58. The summed E-state index contributed by atoms with van der Waals surface area (Å²) in [5, 5.41) is 0. The van der Waals surface area contributed by atoms with Gasteiger partial charge in [-0.15, -0.1) is 0 Å². The minimum absolute atomic E-state index is 0.0768. The lowest BCUT2D eigenvalue weighted by Gasteiger charge is -2.35. The molecule has 0 amide bonds. The molecule has 1 saturated heterocycles. The minimum atomic E-state index is -0.0768. The summed E-state index contributed by atoms with van der Waals surface area (Å²) in [4.78, 5) is 4.47. The lowest BCUT2D eigenvalue weighted by molar-refractivity contribution is 0.189. The number of likely N-dealkylation sites (N-methyl/N-ethyl adjacent to an activating group) is 1. The number of hydrogen-bond acceptors (Lipinski definition) is 2. The normalized spacial score (nSPS) is 21.9. The van der Waals surface area contributed by atoms with Crippen LogP contribution in [0.4, 0.5) is 4.39 Å². The number of nitrogens with zero attached hydrogens (tertiary/aromatic N) is 2. The Morgan fingerprint density at radius 2 is 1.94 bits per heavy atom. The molecule has 0 bridgehead atoms. The second kappa shape index (κ2) is 5.53. The van der Waals surface area contributed by atoms with Crippen molar-refractivity contribution in [2.24, 2.45) is 0 Å². The molecule has 0 unspecified atom stereocenters. The summed E-state index contributed by atoms with van der Waals surface area (Å²) < 4.78 is 14.0. The summed E-state index contributed by atoms with van der Waals surface area (Å²) in [7, 11) is 2.11. The van der Waals surface area contributed by atoms with Gasteiger partial charge in [0.25, 0.3) is 0 Å². The molecule has 1 heterocycles. The van der Waals surface area contributed by atoms with E-state index in [0.717, 1.165) is 37.4 Å². The summed E-state index contributed by atoms with van der Waals surface area (Å²) in [6.45, 7) is 9.95. The predicted octanol–water partition coefficient (Wildman–Crippen LogP) is 2.88. The molecular formula is C15H21FN2. The number of piperazine rings is 1. The molecule has 2 nitrogen and oxygen atoms in total. The highest BCUT2D eigenvalue weighted by molar-refractivity contribution is 5.45. The van der Waals surface area contributed by atoms with Gasteiger partial charge in [-0.3, -0.25) is 0 Å². The van der Waals surface area contributed by atoms with Crippen LogP contribution in [0.25, 0.3) is 0 Å². The molecule has 0 N–H and O–H groups in total. The topological polar surface area (TPSA) is 6.48 Å². The van der Waals surface area contributed by atoms with Crippen molar-refractivity contribution in [1.29, 1.82) is 0 Å². The monoisotopic (exact) mass is 248 g/mol. The fraction of sp³-hybridized carbons (Fsp3) is 0.467. The van der Waals surface area contributed by atoms with Gasteiger partial charge >= 0.3 is 0 Å². The van der Waals surface area contributed by atoms with Crippen molar-refractivity contribution in [1.82, 2.24) is 9.80 Å². The van der Waals surface area contributed by atoms with Crippen LogP contribution in [0.5, 0.6) is 0 Å². The van der Waals surface area contributed by atoms with Crippen molar-refractivity contribution in [3.8, 4) is 0 Å². The summed E-state index contributed by atoms with van der Waals surface area (Å²) in [5.74, 6) is -0.0768. The summed E-state index contributed by atoms with van der Waals surface area (Å²) in [6, 6.07) is 0. The first-order valence-electron chi connectivity index (χ1n) is 6.44. The van der Waals surface area contributed by atoms with Crippen LogP contribution in [-0.2, 0) is 0 Å². The molecule has 1 aliphatic carbocycles. The largest absolute Gasteiger partial charge is 0.369 e. The molecule has 0 atom stereocenters. The Balaban J connectivity index is 2.15. The predicted molar refractivity (Wildman–Crippen MR) is 73.9 cm³/mol. The van der Waals surface area contributed by atoms with Gasteiger partial charge < -0.3 is 9.80 Å². The van der Waals surface area contributed by atoms with E-state index in [0.29, 0.717) is 12.0 Å². The van der Waals surface area contributed by atoms with Crippen molar-refractivity contribution in [3.63, 3.8) is 0 Å². The van der Waals surface area contributed by atoms with Gasteiger partial charge in [0.1, 0.15) is 5.83 Å². The second-order valence-corrected chi connectivity index (χ2v) is 5.05. The van der Waals surface area contributed by atoms with E-state index in [4.69, 9.17) is 0 Å². The maximum Gasteiger partial charge on any atom is 0.113 e. The molecule has 98 valence electrons. The summed E-state index contributed by atoms with van der Waals surface area (Å²) in [6.07, 6.45) is 6.10. The Morgan fingerprint density at radius 3 is 2.61 bits per heavy atom. The number of halogens is 1. The van der Waals surface area contributed by atoms with Gasteiger partial charge in [0.05, 0.1) is 0 Å². The Hall–Kier alpha value is -1.35. The Labute approximate surface area is 109 Å². The standard InChI is InChI=1S/C15H21FN2/c1-12-5-4-6-15(16)14(11-12)13(2)18-9-7-17(3)8-10-18/h4-5,11H,2,6-10H2,1,3H3. The highest BCUT2D eigenvalue weighted by atomic mass is 19.1. The fourth-order valence-corrected chi connectivity index (χ4v) is 2.30. The molecule has 1 fully saturated rings. The summed E-state index contributed by atoms with van der Waals surface area (Å²) >= 11 is 0. The van der Waals surface area contributed by atoms with E-state index in [1.165, 1.54) is 0 Å². The zero-order valence-corrected chi connectivity index (χ0v) is 11.2. The smallest absolute Gasteiger partial charge is 0.113 e. The van der Waals surface area contributed by atoms with E-state index < -0.39 is 0 Å². The molecule has 0 aromatic heterocycles. The van der Waals surface area contributed by atoms with Crippen molar-refractivity contribution in [2.45, 2.75) is 13.3 Å². The van der Waals surface area contributed by atoms with Gasteiger partial charge in [0, 0.05) is 43.9 Å². The van der Waals surface area contributed by atoms with Crippen molar-refractivity contribution >= 4 is 0 Å². The third-order valence-electron chi connectivity index (χ3n) is 3.54. The minimum Gasteiger partial charge on any atom is -0.369 e. The van der Waals surface area contributed by atoms with Crippen molar-refractivity contribution in [3.05, 3.63) is 47.5 Å². The average Bonchev–Trinajstić information content (AvgIpc) is 2.51. The van der Waals surface area contributed by atoms with Crippen LogP contribution >= 0.6 is 0 Å². The summed E-state index contributed by atoms with van der Waals surface area (Å²) in [5.41, 5.74) is 2.57. The van der Waals surface area contributed by atoms with Crippen molar-refractivity contribution < 1.29 is 4.39 Å². The molecule has 0 spiro atoms. The van der Waals surface area contributed by atoms with E-state index in [-0.39, 0.29) is 5.83 Å². The van der Waals surface area contributed by atoms with Gasteiger partial charge in [0.2, 0.25) is 0 Å².